The number of benzene rings is 2. The molecule has 0 spiro atoms. The molecule has 1 aromatic heterocycles. The summed E-state index contributed by atoms with van der Waals surface area (Å²) in [5, 5.41) is 7.36. The first-order valence-corrected chi connectivity index (χ1v) is 9.40. The lowest BCUT2D eigenvalue weighted by atomic mass is 10.2. The van der Waals surface area contributed by atoms with E-state index in [9.17, 15) is 4.79 Å². The number of fused-ring (bicyclic) bond motifs is 1. The van der Waals surface area contributed by atoms with Gasteiger partial charge in [-0.1, -0.05) is 57.7 Å². The number of halogens is 4. The van der Waals surface area contributed by atoms with Gasteiger partial charge in [-0.2, -0.15) is 0 Å². The van der Waals surface area contributed by atoms with Crippen LogP contribution in [0.15, 0.2) is 30.3 Å². The maximum atomic E-state index is 12.3. The lowest BCUT2D eigenvalue weighted by Gasteiger charge is -2.08. The number of carbonyl (C=O) groups is 1. The van der Waals surface area contributed by atoms with E-state index in [1.54, 1.807) is 18.2 Å². The Morgan fingerprint density at radius 3 is 2.56 bits per heavy atom. The van der Waals surface area contributed by atoms with Gasteiger partial charge in [0.2, 0.25) is 0 Å². The molecule has 0 bridgehead atoms. The van der Waals surface area contributed by atoms with Gasteiger partial charge in [0.1, 0.15) is 5.52 Å². The number of nitrogens with zero attached hydrogens (tertiary/aromatic N) is 1. The highest BCUT2D eigenvalue weighted by Gasteiger charge is 2.15. The third-order valence-electron chi connectivity index (χ3n) is 3.07. The predicted octanol–water partition coefficient (Wildman–Crippen LogP) is 6.04. The lowest BCUT2D eigenvalue weighted by molar-refractivity contribution is 0.0978. The molecule has 0 aliphatic rings. The van der Waals surface area contributed by atoms with Gasteiger partial charge in [0.25, 0.3) is 5.91 Å². The number of aromatic nitrogens is 1. The number of thiazole rings is 1. The second kappa shape index (κ2) is 7.61. The van der Waals surface area contributed by atoms with Crippen molar-refractivity contribution in [2.24, 2.45) is 0 Å². The Morgan fingerprint density at radius 2 is 1.80 bits per heavy atom. The summed E-state index contributed by atoms with van der Waals surface area (Å²) in [7, 11) is 0. The van der Waals surface area contributed by atoms with E-state index in [4.69, 9.17) is 58.6 Å². The Bertz CT molecular complexity index is 1010. The van der Waals surface area contributed by atoms with Crippen LogP contribution in [0, 0.1) is 0 Å². The fourth-order valence-corrected chi connectivity index (χ4v) is 3.88. The fraction of sp³-hybridized carbons (Fsp3) is 0. The topological polar surface area (TPSA) is 54.0 Å². The second-order valence-electron chi connectivity index (χ2n) is 4.76. The lowest BCUT2D eigenvalue weighted by Crippen LogP contribution is -2.34. The van der Waals surface area contributed by atoms with E-state index in [0.717, 1.165) is 4.70 Å². The smallest absolute Gasteiger partial charge is 0.258 e. The first kappa shape index (κ1) is 18.6. The molecule has 4 nitrogen and oxygen atoms in total. The van der Waals surface area contributed by atoms with Crippen LogP contribution in [-0.4, -0.2) is 16.0 Å². The quantitative estimate of drug-likeness (QED) is 0.467. The van der Waals surface area contributed by atoms with E-state index >= 15 is 0 Å². The Hall–Kier alpha value is -1.15. The van der Waals surface area contributed by atoms with Gasteiger partial charge in [-0.25, -0.2) is 4.98 Å². The van der Waals surface area contributed by atoms with Gasteiger partial charge in [-0.15, -0.1) is 0 Å². The number of nitrogens with one attached hydrogen (secondary N) is 2. The monoisotopic (exact) mass is 449 g/mol. The molecule has 0 aliphatic heterocycles. The minimum absolute atomic E-state index is 0.0716. The van der Waals surface area contributed by atoms with Gasteiger partial charge >= 0.3 is 0 Å². The van der Waals surface area contributed by atoms with E-state index in [2.05, 4.69) is 15.6 Å². The highest BCUT2D eigenvalue weighted by Crippen LogP contribution is 2.35. The van der Waals surface area contributed by atoms with Gasteiger partial charge in [0.05, 0.1) is 25.3 Å². The van der Waals surface area contributed by atoms with E-state index in [1.807, 2.05) is 0 Å². The average Bonchev–Trinajstić information content (AvgIpc) is 2.96. The third-order valence-corrected chi connectivity index (χ3v) is 5.57. The van der Waals surface area contributed by atoms with E-state index in [1.165, 1.54) is 23.5 Å². The summed E-state index contributed by atoms with van der Waals surface area (Å²) < 4.78 is 0.837. The molecule has 2 N–H and O–H groups in total. The summed E-state index contributed by atoms with van der Waals surface area (Å²) in [4.78, 5) is 16.6. The highest BCUT2D eigenvalue weighted by molar-refractivity contribution is 7.80. The predicted molar refractivity (Wildman–Crippen MR) is 110 cm³/mol. The number of hydrogen-bond acceptors (Lipinski definition) is 4. The molecule has 0 radical (unpaired) electrons. The maximum Gasteiger partial charge on any atom is 0.258 e. The second-order valence-corrected chi connectivity index (χ2v) is 7.83. The normalized spacial score (nSPS) is 10.7. The van der Waals surface area contributed by atoms with Gasteiger partial charge in [-0.3, -0.25) is 10.1 Å². The molecule has 0 unspecified atom stereocenters. The first-order chi connectivity index (χ1) is 11.8. The van der Waals surface area contributed by atoms with Crippen molar-refractivity contribution >= 4 is 96.3 Å². The Balaban J connectivity index is 1.75. The molecule has 0 saturated heterocycles. The highest BCUT2D eigenvalue weighted by atomic mass is 35.5. The zero-order valence-electron chi connectivity index (χ0n) is 12.1. The summed E-state index contributed by atoms with van der Waals surface area (Å²) in [5.74, 6) is -0.479. The average molecular weight is 451 g/mol. The molecule has 3 aromatic rings. The van der Waals surface area contributed by atoms with Crippen molar-refractivity contribution in [1.82, 2.24) is 10.3 Å². The van der Waals surface area contributed by atoms with Crippen LogP contribution in [0.4, 0.5) is 5.13 Å². The number of amides is 1. The summed E-state index contributed by atoms with van der Waals surface area (Å²) in [6.45, 7) is 0. The van der Waals surface area contributed by atoms with Gasteiger partial charge in [0.15, 0.2) is 10.2 Å². The van der Waals surface area contributed by atoms with Crippen LogP contribution in [0.1, 0.15) is 10.4 Å². The van der Waals surface area contributed by atoms with Crippen molar-refractivity contribution in [1.29, 1.82) is 0 Å². The van der Waals surface area contributed by atoms with Gasteiger partial charge < -0.3 is 5.32 Å². The molecule has 2 aromatic carbocycles. The molecule has 25 heavy (non-hydrogen) atoms. The summed E-state index contributed by atoms with van der Waals surface area (Å²) in [6, 6.07) is 8.08. The molecule has 0 atom stereocenters. The minimum atomic E-state index is -0.479. The molecule has 0 saturated carbocycles. The fourth-order valence-electron chi connectivity index (χ4n) is 1.96. The molecule has 10 heteroatoms. The summed E-state index contributed by atoms with van der Waals surface area (Å²) >= 11 is 30.4. The standard InChI is InChI=1S/C15H7Cl4N3OS2/c16-6-1-2-8(17)7(5-6)13(23)21-14(24)22-15-20-12-10(25-15)4-3-9(18)11(12)19/h1-5H,(H2,20,21,22,23,24). The number of thiocarbonyl (C=S) groups is 1. The van der Waals surface area contributed by atoms with Crippen molar-refractivity contribution in [2.75, 3.05) is 5.32 Å². The third kappa shape index (κ3) is 4.16. The molecule has 1 amide bonds. The first-order valence-electron chi connectivity index (χ1n) is 6.67. The Labute approximate surface area is 172 Å². The SMILES string of the molecule is O=C(NC(=S)Nc1nc2c(Cl)c(Cl)ccc2s1)c1cc(Cl)ccc1Cl. The van der Waals surface area contributed by atoms with Crippen LogP contribution in [0.3, 0.4) is 0 Å². The number of carbonyl (C=O) groups excluding carboxylic acids is 1. The van der Waals surface area contributed by atoms with Crippen molar-refractivity contribution in [3.63, 3.8) is 0 Å². The number of anilines is 1. The number of rotatable bonds is 2. The van der Waals surface area contributed by atoms with Crippen LogP contribution in [0.5, 0.6) is 0 Å². The van der Waals surface area contributed by atoms with Crippen LogP contribution in [-0.2, 0) is 0 Å². The van der Waals surface area contributed by atoms with Crippen molar-refractivity contribution in [2.45, 2.75) is 0 Å². The molecule has 0 aliphatic carbocycles. The van der Waals surface area contributed by atoms with Crippen LogP contribution < -0.4 is 10.6 Å². The zero-order valence-corrected chi connectivity index (χ0v) is 16.7. The zero-order chi connectivity index (χ0) is 18.1. The molecule has 0 fully saturated rings. The Kier molecular flexibility index (Phi) is 5.68. The maximum absolute atomic E-state index is 12.3. The molecular weight excluding hydrogens is 444 g/mol. The van der Waals surface area contributed by atoms with Crippen molar-refractivity contribution < 1.29 is 4.79 Å². The van der Waals surface area contributed by atoms with Gasteiger partial charge in [0, 0.05) is 5.02 Å². The largest absolute Gasteiger partial charge is 0.308 e. The molecule has 1 heterocycles. The van der Waals surface area contributed by atoms with Crippen LogP contribution in [0.2, 0.25) is 20.1 Å². The Morgan fingerprint density at radius 1 is 1.08 bits per heavy atom. The van der Waals surface area contributed by atoms with Gasteiger partial charge in [-0.05, 0) is 42.5 Å². The van der Waals surface area contributed by atoms with Crippen LogP contribution >= 0.6 is 70.0 Å². The number of hydrogen-bond donors (Lipinski definition) is 2. The summed E-state index contributed by atoms with van der Waals surface area (Å²) in [6.07, 6.45) is 0. The molecular formula is C15H7Cl4N3OS2. The molecule has 3 rings (SSSR count). The van der Waals surface area contributed by atoms with E-state index in [-0.39, 0.29) is 15.7 Å². The molecule has 128 valence electrons. The minimum Gasteiger partial charge on any atom is -0.308 e. The van der Waals surface area contributed by atoms with Crippen molar-refractivity contribution in [3.05, 3.63) is 56.0 Å². The van der Waals surface area contributed by atoms with Crippen LogP contribution in [0.25, 0.3) is 10.2 Å². The van der Waals surface area contributed by atoms with Crippen molar-refractivity contribution in [3.8, 4) is 0 Å². The summed E-state index contributed by atoms with van der Waals surface area (Å²) in [5.41, 5.74) is 0.783. The van der Waals surface area contributed by atoms with E-state index in [0.29, 0.717) is 25.7 Å². The van der Waals surface area contributed by atoms with E-state index < -0.39 is 5.91 Å².